The number of carbonyl (C=O) groups is 3. The second kappa shape index (κ2) is 9.21. The molecule has 0 unspecified atom stereocenters. The number of rotatable bonds is 6. The van der Waals surface area contributed by atoms with Gasteiger partial charge in [-0.2, -0.15) is 0 Å². The summed E-state index contributed by atoms with van der Waals surface area (Å²) in [4.78, 5) is 42.8. The van der Waals surface area contributed by atoms with Gasteiger partial charge in [0.25, 0.3) is 5.91 Å². The summed E-state index contributed by atoms with van der Waals surface area (Å²) in [5, 5.41) is 6.35. The van der Waals surface area contributed by atoms with Gasteiger partial charge in [0.2, 0.25) is 11.8 Å². The first-order chi connectivity index (χ1) is 14.4. The Bertz CT molecular complexity index is 985. The Kier molecular flexibility index (Phi) is 6.46. The van der Waals surface area contributed by atoms with Crippen molar-refractivity contribution in [2.75, 3.05) is 20.2 Å². The lowest BCUT2D eigenvalue weighted by Gasteiger charge is -2.23. The molecule has 2 aromatic carbocycles. The molecule has 3 amide bonds. The van der Waals surface area contributed by atoms with Gasteiger partial charge in [-0.1, -0.05) is 41.6 Å². The van der Waals surface area contributed by atoms with Gasteiger partial charge >= 0.3 is 0 Å². The molecular weight excluding hydrogens is 384 g/mol. The maximum Gasteiger partial charge on any atom is 0.254 e. The summed E-state index contributed by atoms with van der Waals surface area (Å²) < 4.78 is 0. The summed E-state index contributed by atoms with van der Waals surface area (Å²) in [6.07, 6.45) is 0.228. The molecular formula is C22H24N4O4. The van der Waals surface area contributed by atoms with Crippen LogP contribution in [0.15, 0.2) is 53.7 Å². The van der Waals surface area contributed by atoms with Crippen LogP contribution >= 0.6 is 0 Å². The quantitative estimate of drug-likeness (QED) is 0.705. The number of benzene rings is 2. The summed E-state index contributed by atoms with van der Waals surface area (Å²) in [6.45, 7) is 1.91. The van der Waals surface area contributed by atoms with Gasteiger partial charge in [0.05, 0.1) is 18.8 Å². The van der Waals surface area contributed by atoms with Gasteiger partial charge < -0.3 is 20.8 Å². The minimum absolute atomic E-state index is 0.168. The summed E-state index contributed by atoms with van der Waals surface area (Å²) in [6, 6.07) is 14.5. The van der Waals surface area contributed by atoms with E-state index in [1.165, 1.54) is 12.0 Å². The number of carbonyl (C=O) groups excluding carboxylic acids is 3. The number of aryl methyl sites for hydroxylation is 1. The van der Waals surface area contributed by atoms with Gasteiger partial charge in [-0.05, 0) is 35.7 Å². The van der Waals surface area contributed by atoms with Gasteiger partial charge in [-0.15, -0.1) is 0 Å². The highest BCUT2D eigenvalue weighted by molar-refractivity contribution is 6.05. The summed E-state index contributed by atoms with van der Waals surface area (Å²) >= 11 is 0. The lowest BCUT2D eigenvalue weighted by Crippen LogP contribution is -2.47. The van der Waals surface area contributed by atoms with Crippen molar-refractivity contribution in [3.05, 3.63) is 59.7 Å². The third-order valence-electron chi connectivity index (χ3n) is 4.97. The van der Waals surface area contributed by atoms with Crippen LogP contribution < -0.4 is 11.1 Å². The molecule has 1 aliphatic heterocycles. The summed E-state index contributed by atoms with van der Waals surface area (Å²) in [5.41, 5.74) is 9.36. The number of nitrogens with zero attached hydrogens (tertiary/aromatic N) is 2. The highest BCUT2D eigenvalue weighted by atomic mass is 16.6. The van der Waals surface area contributed by atoms with Crippen molar-refractivity contribution in [1.82, 2.24) is 10.2 Å². The molecule has 3 rings (SSSR count). The third-order valence-corrected chi connectivity index (χ3v) is 4.97. The van der Waals surface area contributed by atoms with Crippen molar-refractivity contribution >= 4 is 23.4 Å². The van der Waals surface area contributed by atoms with E-state index >= 15 is 0 Å². The van der Waals surface area contributed by atoms with Gasteiger partial charge in [0.1, 0.15) is 13.2 Å². The van der Waals surface area contributed by atoms with Crippen molar-refractivity contribution in [2.24, 2.45) is 10.9 Å². The molecule has 0 spiro atoms. The van der Waals surface area contributed by atoms with E-state index in [1.807, 2.05) is 43.3 Å². The van der Waals surface area contributed by atoms with Crippen LogP contribution in [0.2, 0.25) is 0 Å². The van der Waals surface area contributed by atoms with Crippen LogP contribution in [-0.2, 0) is 14.4 Å². The molecule has 8 heteroatoms. The van der Waals surface area contributed by atoms with E-state index in [0.717, 1.165) is 16.7 Å². The number of likely N-dealkylation sites (tertiary alicyclic amines) is 1. The van der Waals surface area contributed by atoms with E-state index in [4.69, 9.17) is 10.6 Å². The maximum atomic E-state index is 13.1. The van der Waals surface area contributed by atoms with Crippen molar-refractivity contribution in [3.63, 3.8) is 0 Å². The lowest BCUT2D eigenvalue weighted by molar-refractivity contribution is -0.127. The highest BCUT2D eigenvalue weighted by Crippen LogP contribution is 2.25. The fourth-order valence-electron chi connectivity index (χ4n) is 3.49. The third kappa shape index (κ3) is 4.65. The summed E-state index contributed by atoms with van der Waals surface area (Å²) in [5.74, 6) is -1.41. The zero-order chi connectivity index (χ0) is 21.7. The van der Waals surface area contributed by atoms with E-state index in [-0.39, 0.29) is 25.4 Å². The fraction of sp³-hybridized carbons (Fsp3) is 0.273. The number of hydrogen-bond donors (Lipinski definition) is 2. The van der Waals surface area contributed by atoms with Crippen molar-refractivity contribution in [2.45, 2.75) is 19.4 Å². The first-order valence-corrected chi connectivity index (χ1v) is 9.52. The minimum Gasteiger partial charge on any atom is -0.399 e. The van der Waals surface area contributed by atoms with Crippen LogP contribution in [0.4, 0.5) is 0 Å². The van der Waals surface area contributed by atoms with Crippen molar-refractivity contribution in [1.29, 1.82) is 0 Å². The molecule has 2 aromatic rings. The van der Waals surface area contributed by atoms with Gasteiger partial charge in [-0.25, -0.2) is 0 Å². The molecule has 1 aliphatic rings. The molecule has 156 valence electrons. The molecule has 0 radical (unpaired) electrons. The van der Waals surface area contributed by atoms with E-state index in [2.05, 4.69) is 10.5 Å². The first-order valence-electron chi connectivity index (χ1n) is 9.52. The van der Waals surface area contributed by atoms with E-state index < -0.39 is 17.9 Å². The van der Waals surface area contributed by atoms with Gasteiger partial charge in [0.15, 0.2) is 0 Å². The lowest BCUT2D eigenvalue weighted by atomic mass is 9.99. The smallest absolute Gasteiger partial charge is 0.254 e. The Labute approximate surface area is 174 Å². The second-order valence-corrected chi connectivity index (χ2v) is 7.07. The number of nitrogens with one attached hydrogen (secondary N) is 1. The molecule has 8 nitrogen and oxygen atoms in total. The average Bonchev–Trinajstić information content (AvgIpc) is 3.16. The van der Waals surface area contributed by atoms with E-state index in [0.29, 0.717) is 11.3 Å². The maximum absolute atomic E-state index is 13.1. The Morgan fingerprint density at radius 1 is 1.17 bits per heavy atom. The van der Waals surface area contributed by atoms with Gasteiger partial charge in [0, 0.05) is 12.0 Å². The molecule has 1 fully saturated rings. The molecule has 0 aromatic heterocycles. The monoisotopic (exact) mass is 408 g/mol. The minimum atomic E-state index is -0.790. The number of hydrogen-bond acceptors (Lipinski definition) is 5. The molecule has 3 N–H and O–H groups in total. The topological polar surface area (TPSA) is 114 Å². The van der Waals surface area contributed by atoms with Crippen molar-refractivity contribution in [3.8, 4) is 11.1 Å². The molecule has 0 aliphatic carbocycles. The van der Waals surface area contributed by atoms with Crippen LogP contribution in [0, 0.1) is 6.92 Å². The Hall–Kier alpha value is -3.68. The van der Waals surface area contributed by atoms with Crippen LogP contribution in [0.25, 0.3) is 11.1 Å². The Morgan fingerprint density at radius 2 is 1.87 bits per heavy atom. The Morgan fingerprint density at radius 3 is 2.50 bits per heavy atom. The number of nitrogens with two attached hydrogens (primary N) is 1. The first kappa shape index (κ1) is 21.0. The molecule has 1 heterocycles. The van der Waals surface area contributed by atoms with Crippen molar-refractivity contribution < 1.29 is 19.2 Å². The summed E-state index contributed by atoms with van der Waals surface area (Å²) in [7, 11) is 1.41. The molecule has 0 saturated carbocycles. The molecule has 1 saturated heterocycles. The molecule has 0 bridgehead atoms. The van der Waals surface area contributed by atoms with Crippen LogP contribution in [0.5, 0.6) is 0 Å². The number of oxime groups is 1. The van der Waals surface area contributed by atoms with Crippen LogP contribution in [0.3, 0.4) is 0 Å². The zero-order valence-electron chi connectivity index (χ0n) is 16.9. The van der Waals surface area contributed by atoms with Crippen LogP contribution in [0.1, 0.15) is 22.3 Å². The fourth-order valence-corrected chi connectivity index (χ4v) is 3.49. The van der Waals surface area contributed by atoms with E-state index in [9.17, 15) is 14.4 Å². The largest absolute Gasteiger partial charge is 0.399 e. The predicted octanol–water partition coefficient (Wildman–Crippen LogP) is 1.48. The number of amides is 3. The van der Waals surface area contributed by atoms with Gasteiger partial charge in [-0.3, -0.25) is 14.4 Å². The highest BCUT2D eigenvalue weighted by Gasteiger charge is 2.38. The van der Waals surface area contributed by atoms with Crippen LogP contribution in [-0.4, -0.2) is 54.6 Å². The normalized spacial score (nSPS) is 17.1. The molecule has 30 heavy (non-hydrogen) atoms. The molecule has 1 atom stereocenters. The predicted molar refractivity (Wildman–Crippen MR) is 113 cm³/mol. The second-order valence-electron chi connectivity index (χ2n) is 7.07. The Balaban J connectivity index is 1.82. The van der Waals surface area contributed by atoms with E-state index in [1.54, 1.807) is 12.1 Å². The zero-order valence-corrected chi connectivity index (χ0v) is 16.9. The average molecular weight is 408 g/mol. The number of primary amides is 1. The SMILES string of the molecule is CO/N=C1/C[C@@H](C(=O)NCC(N)=O)N(C(=O)c2ccc(-c3ccccc3C)cc2)C1. The standard InChI is InChI=1S/C22H24N4O4/c1-14-5-3-4-6-18(14)15-7-9-16(10-8-15)22(29)26-13-17(25-30-2)11-19(26)21(28)24-12-20(23)27/h3-10,19H,11-13H2,1-2H3,(H2,23,27)(H,24,28)/b25-17-/t19-/m0/s1.